The van der Waals surface area contributed by atoms with Gasteiger partial charge in [0.2, 0.25) is 5.91 Å². The topological polar surface area (TPSA) is 132 Å². The number of carboxylic acids is 1. The first-order valence-corrected chi connectivity index (χ1v) is 14.8. The molecule has 0 unspecified atom stereocenters. The number of likely N-dealkylation sites (tertiary alicyclic amines) is 1. The Morgan fingerprint density at radius 2 is 1.79 bits per heavy atom. The zero-order chi connectivity index (χ0) is 31.3. The largest absolute Gasteiger partial charge is 0.481 e. The third-order valence-electron chi connectivity index (χ3n) is 8.83. The number of carbonyl (C=O) groups is 3. The Labute approximate surface area is 250 Å². The van der Waals surface area contributed by atoms with Crippen LogP contribution in [0.1, 0.15) is 91.7 Å². The van der Waals surface area contributed by atoms with Crippen molar-refractivity contribution in [3.05, 3.63) is 98.7 Å². The normalized spacial score (nSPS) is 17.5. The molecule has 1 aliphatic heterocycles. The van der Waals surface area contributed by atoms with Crippen LogP contribution in [0.4, 0.5) is 4.39 Å². The highest BCUT2D eigenvalue weighted by Gasteiger charge is 2.53. The molecule has 3 aromatic rings. The van der Waals surface area contributed by atoms with Gasteiger partial charge in [-0.2, -0.15) is 5.10 Å². The average Bonchev–Trinajstić information content (AvgIpc) is 3.44. The highest BCUT2D eigenvalue weighted by molar-refractivity contribution is 5.97. The number of amides is 2. The summed E-state index contributed by atoms with van der Waals surface area (Å²) in [5.41, 5.74) is 1.58. The van der Waals surface area contributed by atoms with Gasteiger partial charge in [-0.1, -0.05) is 45.0 Å². The van der Waals surface area contributed by atoms with Crippen molar-refractivity contribution in [2.24, 2.45) is 5.41 Å². The van der Waals surface area contributed by atoms with Gasteiger partial charge in [0.15, 0.2) is 0 Å². The van der Waals surface area contributed by atoms with Crippen LogP contribution in [0.15, 0.2) is 59.4 Å². The van der Waals surface area contributed by atoms with Gasteiger partial charge in [-0.15, -0.1) is 0 Å². The van der Waals surface area contributed by atoms with Gasteiger partial charge in [0.25, 0.3) is 11.5 Å². The van der Waals surface area contributed by atoms with Crippen molar-refractivity contribution in [1.82, 2.24) is 20.4 Å². The molecule has 0 saturated carbocycles. The summed E-state index contributed by atoms with van der Waals surface area (Å²) in [6, 6.07) is 12.5. The van der Waals surface area contributed by atoms with E-state index in [0.29, 0.717) is 54.5 Å². The monoisotopic (exact) mass is 590 g/mol. The van der Waals surface area contributed by atoms with E-state index in [2.05, 4.69) is 15.5 Å². The first-order chi connectivity index (χ1) is 20.5. The number of benzene rings is 2. The van der Waals surface area contributed by atoms with Gasteiger partial charge in [0.1, 0.15) is 11.9 Å². The van der Waals surface area contributed by atoms with Gasteiger partial charge in [-0.3, -0.25) is 19.2 Å². The second-order valence-corrected chi connectivity index (χ2v) is 11.2. The van der Waals surface area contributed by atoms with E-state index < -0.39 is 41.2 Å². The third-order valence-corrected chi connectivity index (χ3v) is 8.83. The standard InChI is InChI=1S/C33H39FN4O5/c1-5-26(35-29(39)22-13-11-21(12-14-22)18-24-17-20(4)36-37-30(24)40)31(41)38-27(23-9-8-10-25(34)19-23)15-16-28(38)33(6-2,7-3)32(42)43/h8-14,17,19,26-28H,5-7,15-16,18H2,1-4H3,(H,35,39)(H,37,40)(H,42,43)/t26-,27+,28-/m1/s1. The molecule has 3 N–H and O–H groups in total. The molecular formula is C33H39FN4O5. The van der Waals surface area contributed by atoms with Crippen molar-refractivity contribution in [3.8, 4) is 0 Å². The van der Waals surface area contributed by atoms with Gasteiger partial charge in [0, 0.05) is 23.6 Å². The Morgan fingerprint density at radius 1 is 1.09 bits per heavy atom. The number of rotatable bonds is 11. The number of carboxylic acid groups (broad SMARTS) is 1. The second-order valence-electron chi connectivity index (χ2n) is 11.2. The van der Waals surface area contributed by atoms with Crippen LogP contribution in [0.25, 0.3) is 0 Å². The molecule has 9 nitrogen and oxygen atoms in total. The van der Waals surface area contributed by atoms with E-state index in [1.54, 1.807) is 61.2 Å². The van der Waals surface area contributed by atoms with E-state index in [0.717, 1.165) is 5.56 Å². The van der Waals surface area contributed by atoms with Gasteiger partial charge in [-0.25, -0.2) is 9.49 Å². The summed E-state index contributed by atoms with van der Waals surface area (Å²) in [6.07, 6.45) is 2.24. The lowest BCUT2D eigenvalue weighted by atomic mass is 9.74. The van der Waals surface area contributed by atoms with Crippen LogP contribution in [0, 0.1) is 18.2 Å². The lowest BCUT2D eigenvalue weighted by Crippen LogP contribution is -2.56. The van der Waals surface area contributed by atoms with Crippen molar-refractivity contribution < 1.29 is 23.9 Å². The molecule has 3 atom stereocenters. The fourth-order valence-electron chi connectivity index (χ4n) is 6.31. The summed E-state index contributed by atoms with van der Waals surface area (Å²) in [6.45, 7) is 7.19. The van der Waals surface area contributed by atoms with Gasteiger partial charge in [0.05, 0.1) is 17.2 Å². The van der Waals surface area contributed by atoms with E-state index in [1.165, 1.54) is 12.1 Å². The lowest BCUT2D eigenvalue weighted by Gasteiger charge is -2.42. The molecule has 2 amide bonds. The Kier molecular flexibility index (Phi) is 9.78. The third kappa shape index (κ3) is 6.53. The summed E-state index contributed by atoms with van der Waals surface area (Å²) in [7, 11) is 0. The van der Waals surface area contributed by atoms with Crippen LogP contribution in [0.2, 0.25) is 0 Å². The molecule has 1 aliphatic rings. The van der Waals surface area contributed by atoms with Crippen LogP contribution in [-0.4, -0.2) is 50.1 Å². The molecule has 2 aromatic carbocycles. The number of hydrogen-bond donors (Lipinski definition) is 3. The Bertz CT molecular complexity index is 1530. The number of nitrogens with one attached hydrogen (secondary N) is 2. The molecule has 0 radical (unpaired) electrons. The first kappa shape index (κ1) is 31.6. The lowest BCUT2D eigenvalue weighted by molar-refractivity contribution is -0.157. The summed E-state index contributed by atoms with van der Waals surface area (Å²) in [5, 5.41) is 19.5. The highest BCUT2D eigenvalue weighted by Crippen LogP contribution is 2.47. The summed E-state index contributed by atoms with van der Waals surface area (Å²) in [4.78, 5) is 53.9. The minimum absolute atomic E-state index is 0.272. The number of aromatic nitrogens is 2. The van der Waals surface area contributed by atoms with E-state index in [1.807, 2.05) is 13.8 Å². The maximum atomic E-state index is 14.2. The zero-order valence-electron chi connectivity index (χ0n) is 25.0. The van der Waals surface area contributed by atoms with E-state index in [4.69, 9.17) is 0 Å². The van der Waals surface area contributed by atoms with Gasteiger partial charge < -0.3 is 15.3 Å². The van der Waals surface area contributed by atoms with E-state index in [-0.39, 0.29) is 17.9 Å². The number of aliphatic carboxylic acids is 1. The molecule has 4 rings (SSSR count). The number of aryl methyl sites for hydroxylation is 1. The summed E-state index contributed by atoms with van der Waals surface area (Å²) < 4.78 is 14.2. The molecule has 43 heavy (non-hydrogen) atoms. The van der Waals surface area contributed by atoms with Crippen LogP contribution in [0.3, 0.4) is 0 Å². The van der Waals surface area contributed by atoms with Gasteiger partial charge >= 0.3 is 5.97 Å². The summed E-state index contributed by atoms with van der Waals surface area (Å²) >= 11 is 0. The molecule has 0 bridgehead atoms. The molecule has 228 valence electrons. The highest BCUT2D eigenvalue weighted by atomic mass is 19.1. The molecule has 2 heterocycles. The molecular weight excluding hydrogens is 551 g/mol. The number of halogens is 1. The maximum Gasteiger partial charge on any atom is 0.311 e. The zero-order valence-corrected chi connectivity index (χ0v) is 25.0. The molecule has 0 spiro atoms. The van der Waals surface area contributed by atoms with Crippen LogP contribution in [0.5, 0.6) is 0 Å². The predicted molar refractivity (Wildman–Crippen MR) is 160 cm³/mol. The minimum atomic E-state index is -1.18. The molecule has 1 saturated heterocycles. The minimum Gasteiger partial charge on any atom is -0.481 e. The quantitative estimate of drug-likeness (QED) is 0.290. The average molecular weight is 591 g/mol. The smallest absolute Gasteiger partial charge is 0.311 e. The van der Waals surface area contributed by atoms with Crippen molar-refractivity contribution in [2.45, 2.75) is 84.3 Å². The van der Waals surface area contributed by atoms with Crippen LogP contribution < -0.4 is 10.9 Å². The SMILES string of the molecule is CC[C@@H](NC(=O)c1ccc(Cc2cc(C)n[nH]c2=O)cc1)C(=O)N1[C@H](c2cccc(F)c2)CC[C@@H]1C(CC)(CC)C(=O)O. The second kappa shape index (κ2) is 13.3. The molecule has 1 aromatic heterocycles. The maximum absolute atomic E-state index is 14.2. The Hall–Kier alpha value is -4.34. The van der Waals surface area contributed by atoms with Crippen molar-refractivity contribution in [1.29, 1.82) is 0 Å². The predicted octanol–water partition coefficient (Wildman–Crippen LogP) is 4.94. The van der Waals surface area contributed by atoms with E-state index >= 15 is 0 Å². The van der Waals surface area contributed by atoms with Crippen molar-refractivity contribution in [2.75, 3.05) is 0 Å². The molecule has 0 aliphatic carbocycles. The Balaban J connectivity index is 1.59. The van der Waals surface area contributed by atoms with Crippen molar-refractivity contribution in [3.63, 3.8) is 0 Å². The Morgan fingerprint density at radius 3 is 2.40 bits per heavy atom. The molecule has 1 fully saturated rings. The fraction of sp³-hybridized carbons (Fsp3) is 0.424. The van der Waals surface area contributed by atoms with Crippen LogP contribution in [-0.2, 0) is 16.0 Å². The number of H-pyrrole nitrogens is 1. The molecule has 10 heteroatoms. The van der Waals surface area contributed by atoms with Crippen molar-refractivity contribution >= 4 is 17.8 Å². The number of nitrogens with zero attached hydrogens (tertiary/aromatic N) is 2. The first-order valence-electron chi connectivity index (χ1n) is 14.8. The summed E-state index contributed by atoms with van der Waals surface area (Å²) in [5.74, 6) is -2.24. The van der Waals surface area contributed by atoms with Gasteiger partial charge in [-0.05, 0) is 80.5 Å². The number of carbonyl (C=O) groups excluding carboxylic acids is 2. The number of hydrogen-bond acceptors (Lipinski definition) is 5. The van der Waals surface area contributed by atoms with E-state index in [9.17, 15) is 28.7 Å². The van der Waals surface area contributed by atoms with Crippen LogP contribution >= 0.6 is 0 Å². The fourth-order valence-corrected chi connectivity index (χ4v) is 6.31. The number of aromatic amines is 1.